The lowest BCUT2D eigenvalue weighted by Gasteiger charge is -2.26. The van der Waals surface area contributed by atoms with Crippen molar-refractivity contribution in [2.24, 2.45) is 4.99 Å². The highest BCUT2D eigenvalue weighted by Crippen LogP contribution is 2.27. The molecule has 0 bridgehead atoms. The first-order chi connectivity index (χ1) is 13.1. The van der Waals surface area contributed by atoms with Gasteiger partial charge in [0.1, 0.15) is 11.5 Å². The third kappa shape index (κ3) is 4.62. The molecule has 0 spiro atoms. The number of hydrogen-bond acceptors (Lipinski definition) is 6. The van der Waals surface area contributed by atoms with E-state index >= 15 is 0 Å². The standard InChI is InChI=1S/C20H23N3O4/c1-27-18-7-4-15(5-8-18)19(22-10-2-3-11-22)14-21-13-16-12-17(23(25)26)6-9-20(16)24/h4-9,12-13,19,24H,2-3,10-11,14H2,1H3/t19-/m0/s1. The molecular formula is C20H23N3O4. The van der Waals surface area contributed by atoms with Crippen LogP contribution in [0, 0.1) is 10.1 Å². The fourth-order valence-electron chi connectivity index (χ4n) is 3.32. The number of nitrogens with zero attached hydrogens (tertiary/aromatic N) is 3. The van der Waals surface area contributed by atoms with Crippen LogP contribution < -0.4 is 4.74 Å². The molecule has 1 aliphatic heterocycles. The monoisotopic (exact) mass is 369 g/mol. The molecule has 1 atom stereocenters. The molecule has 142 valence electrons. The van der Waals surface area contributed by atoms with E-state index in [9.17, 15) is 15.2 Å². The van der Waals surface area contributed by atoms with Crippen molar-refractivity contribution in [2.45, 2.75) is 18.9 Å². The molecule has 1 aliphatic rings. The quantitative estimate of drug-likeness (QED) is 0.458. The third-order valence-electron chi connectivity index (χ3n) is 4.81. The van der Waals surface area contributed by atoms with E-state index < -0.39 is 4.92 Å². The zero-order valence-corrected chi connectivity index (χ0v) is 15.2. The van der Waals surface area contributed by atoms with Gasteiger partial charge in [-0.1, -0.05) is 12.1 Å². The molecule has 1 N–H and O–H groups in total. The number of aromatic hydroxyl groups is 1. The Morgan fingerprint density at radius 1 is 1.26 bits per heavy atom. The maximum Gasteiger partial charge on any atom is 0.270 e. The first kappa shape index (κ1) is 18.8. The van der Waals surface area contributed by atoms with Gasteiger partial charge in [0.15, 0.2) is 0 Å². The maximum atomic E-state index is 10.9. The topological polar surface area (TPSA) is 88.2 Å². The first-order valence-corrected chi connectivity index (χ1v) is 8.93. The number of nitro groups is 1. The number of hydrogen-bond donors (Lipinski definition) is 1. The smallest absolute Gasteiger partial charge is 0.270 e. The highest BCUT2D eigenvalue weighted by Gasteiger charge is 2.23. The van der Waals surface area contributed by atoms with Crippen molar-refractivity contribution < 1.29 is 14.8 Å². The van der Waals surface area contributed by atoms with Crippen LogP contribution in [0.1, 0.15) is 30.0 Å². The van der Waals surface area contributed by atoms with Crippen LogP contribution in [0.15, 0.2) is 47.5 Å². The van der Waals surface area contributed by atoms with Crippen molar-refractivity contribution in [1.29, 1.82) is 0 Å². The molecular weight excluding hydrogens is 346 g/mol. The van der Waals surface area contributed by atoms with E-state index in [2.05, 4.69) is 9.89 Å². The Labute approximate surface area is 158 Å². The number of nitro benzene ring substituents is 1. The maximum absolute atomic E-state index is 10.9. The zero-order chi connectivity index (χ0) is 19.2. The molecule has 0 saturated carbocycles. The van der Waals surface area contributed by atoms with E-state index in [1.807, 2.05) is 24.3 Å². The third-order valence-corrected chi connectivity index (χ3v) is 4.81. The number of ether oxygens (including phenoxy) is 1. The molecule has 3 rings (SSSR count). The van der Waals surface area contributed by atoms with Gasteiger partial charge in [0.25, 0.3) is 5.69 Å². The second kappa shape index (κ2) is 8.64. The van der Waals surface area contributed by atoms with E-state index in [-0.39, 0.29) is 17.5 Å². The minimum Gasteiger partial charge on any atom is -0.507 e. The summed E-state index contributed by atoms with van der Waals surface area (Å²) in [6, 6.07) is 12.0. The predicted octanol–water partition coefficient (Wildman–Crippen LogP) is 3.57. The van der Waals surface area contributed by atoms with Crippen LogP contribution in [0.25, 0.3) is 0 Å². The molecule has 0 aromatic heterocycles. The van der Waals surface area contributed by atoms with Crippen LogP contribution >= 0.6 is 0 Å². The number of benzene rings is 2. The molecule has 7 heteroatoms. The number of aliphatic imine (C=N–C) groups is 1. The summed E-state index contributed by atoms with van der Waals surface area (Å²) in [5, 5.41) is 20.9. The summed E-state index contributed by atoms with van der Waals surface area (Å²) >= 11 is 0. The Morgan fingerprint density at radius 3 is 2.59 bits per heavy atom. The van der Waals surface area contributed by atoms with Gasteiger partial charge >= 0.3 is 0 Å². The molecule has 27 heavy (non-hydrogen) atoms. The van der Waals surface area contributed by atoms with E-state index in [0.717, 1.165) is 24.4 Å². The number of non-ortho nitro benzene ring substituents is 1. The van der Waals surface area contributed by atoms with Crippen LogP contribution in [-0.2, 0) is 0 Å². The summed E-state index contributed by atoms with van der Waals surface area (Å²) in [5.74, 6) is 0.787. The molecule has 2 aromatic carbocycles. The molecule has 1 saturated heterocycles. The van der Waals surface area contributed by atoms with Crippen molar-refractivity contribution in [1.82, 2.24) is 4.90 Å². The van der Waals surface area contributed by atoms with Crippen LogP contribution in [-0.4, -0.2) is 47.9 Å². The van der Waals surface area contributed by atoms with Gasteiger partial charge in [-0.05, 0) is 49.7 Å². The Hall–Kier alpha value is -2.93. The average molecular weight is 369 g/mol. The minimum absolute atomic E-state index is 0.0217. The van der Waals surface area contributed by atoms with Crippen molar-refractivity contribution in [3.05, 3.63) is 63.7 Å². The SMILES string of the molecule is COc1ccc([C@H](CN=Cc2cc([N+](=O)[O-])ccc2O)N2CCCC2)cc1. The van der Waals surface area contributed by atoms with E-state index in [0.29, 0.717) is 12.1 Å². The van der Waals surface area contributed by atoms with Crippen molar-refractivity contribution in [3.63, 3.8) is 0 Å². The fraction of sp³-hybridized carbons (Fsp3) is 0.350. The summed E-state index contributed by atoms with van der Waals surface area (Å²) in [7, 11) is 1.64. The molecule has 2 aromatic rings. The Morgan fingerprint density at radius 2 is 1.96 bits per heavy atom. The van der Waals surface area contributed by atoms with Crippen LogP contribution in [0.3, 0.4) is 0 Å². The largest absolute Gasteiger partial charge is 0.507 e. The zero-order valence-electron chi connectivity index (χ0n) is 15.2. The highest BCUT2D eigenvalue weighted by molar-refractivity contribution is 5.84. The van der Waals surface area contributed by atoms with Crippen molar-refractivity contribution >= 4 is 11.9 Å². The van der Waals surface area contributed by atoms with Gasteiger partial charge in [-0.3, -0.25) is 20.0 Å². The van der Waals surface area contributed by atoms with E-state index in [4.69, 9.17) is 4.74 Å². The lowest BCUT2D eigenvalue weighted by atomic mass is 10.1. The molecule has 0 unspecified atom stereocenters. The lowest BCUT2D eigenvalue weighted by molar-refractivity contribution is -0.384. The number of rotatable bonds is 7. The Bertz CT molecular complexity index is 814. The molecule has 0 aliphatic carbocycles. The van der Waals surface area contributed by atoms with Gasteiger partial charge in [-0.25, -0.2) is 0 Å². The van der Waals surface area contributed by atoms with Gasteiger partial charge in [-0.2, -0.15) is 0 Å². The van der Waals surface area contributed by atoms with Crippen molar-refractivity contribution in [3.8, 4) is 11.5 Å². The van der Waals surface area contributed by atoms with Gasteiger partial charge in [0.05, 0.1) is 24.6 Å². The Kier molecular flexibility index (Phi) is 6.03. The number of methoxy groups -OCH3 is 1. The van der Waals surface area contributed by atoms with Crippen LogP contribution in [0.5, 0.6) is 11.5 Å². The van der Waals surface area contributed by atoms with Crippen molar-refractivity contribution in [2.75, 3.05) is 26.7 Å². The summed E-state index contributed by atoms with van der Waals surface area (Å²) in [6.45, 7) is 2.55. The molecule has 0 radical (unpaired) electrons. The van der Waals surface area contributed by atoms with Gasteiger partial charge in [0.2, 0.25) is 0 Å². The highest BCUT2D eigenvalue weighted by atomic mass is 16.6. The molecule has 7 nitrogen and oxygen atoms in total. The van der Waals surface area contributed by atoms with Crippen LogP contribution in [0.4, 0.5) is 5.69 Å². The number of phenolic OH excluding ortho intramolecular Hbond substituents is 1. The Balaban J connectivity index is 1.79. The molecule has 0 amide bonds. The molecule has 1 heterocycles. The minimum atomic E-state index is -0.485. The molecule has 1 fully saturated rings. The summed E-state index contributed by atoms with van der Waals surface area (Å²) in [6.07, 6.45) is 3.85. The summed E-state index contributed by atoms with van der Waals surface area (Å²) in [5.41, 5.74) is 1.43. The van der Waals surface area contributed by atoms with Crippen LogP contribution in [0.2, 0.25) is 0 Å². The second-order valence-corrected chi connectivity index (χ2v) is 6.53. The lowest BCUT2D eigenvalue weighted by Crippen LogP contribution is -2.27. The van der Waals surface area contributed by atoms with E-state index in [1.54, 1.807) is 7.11 Å². The summed E-state index contributed by atoms with van der Waals surface area (Å²) < 4.78 is 5.23. The van der Waals surface area contributed by atoms with Gasteiger partial charge in [-0.15, -0.1) is 0 Å². The number of phenols is 1. The van der Waals surface area contributed by atoms with E-state index in [1.165, 1.54) is 37.3 Å². The predicted molar refractivity (Wildman–Crippen MR) is 104 cm³/mol. The average Bonchev–Trinajstić information content (AvgIpc) is 3.21. The van der Waals surface area contributed by atoms with Gasteiger partial charge in [0, 0.05) is 23.9 Å². The fourth-order valence-corrected chi connectivity index (χ4v) is 3.32. The normalized spacial score (nSPS) is 15.9. The summed E-state index contributed by atoms with van der Waals surface area (Å²) in [4.78, 5) is 17.3. The van der Waals surface area contributed by atoms with Gasteiger partial charge < -0.3 is 9.84 Å². The second-order valence-electron chi connectivity index (χ2n) is 6.53. The first-order valence-electron chi connectivity index (χ1n) is 8.93. The number of likely N-dealkylation sites (tertiary alicyclic amines) is 1.